The van der Waals surface area contributed by atoms with Gasteiger partial charge in [0.05, 0.1) is 12.0 Å². The Kier molecular flexibility index (Phi) is 4.40. The summed E-state index contributed by atoms with van der Waals surface area (Å²) < 4.78 is 5.19. The van der Waals surface area contributed by atoms with Gasteiger partial charge in [-0.25, -0.2) is 0 Å². The molecule has 5 nitrogen and oxygen atoms in total. The summed E-state index contributed by atoms with van der Waals surface area (Å²) in [6, 6.07) is 7.48. The second kappa shape index (κ2) is 6.30. The Balaban J connectivity index is 1.57. The van der Waals surface area contributed by atoms with E-state index >= 15 is 0 Å². The summed E-state index contributed by atoms with van der Waals surface area (Å²) in [4.78, 5) is 12.1. The first-order valence-electron chi connectivity index (χ1n) is 7.56. The highest BCUT2D eigenvalue weighted by molar-refractivity contribution is 8.00. The molecule has 2 aromatic rings. The molecule has 1 aromatic heterocycles. The SMILES string of the molecule is CCS[C@H]1CC[C@]1(O)CNC(=O)Cc1noc2ccccc12. The van der Waals surface area contributed by atoms with Crippen molar-refractivity contribution in [3.8, 4) is 0 Å². The molecule has 1 aliphatic carbocycles. The monoisotopic (exact) mass is 320 g/mol. The number of amides is 1. The number of carbonyl (C=O) groups excluding carboxylic acids is 1. The molecule has 1 fully saturated rings. The van der Waals surface area contributed by atoms with Gasteiger partial charge in [0.15, 0.2) is 5.58 Å². The minimum atomic E-state index is -0.762. The van der Waals surface area contributed by atoms with Gasteiger partial charge < -0.3 is 14.9 Å². The minimum Gasteiger partial charge on any atom is -0.387 e. The number of hydrogen-bond acceptors (Lipinski definition) is 5. The number of hydrogen-bond donors (Lipinski definition) is 2. The molecular weight excluding hydrogens is 300 g/mol. The summed E-state index contributed by atoms with van der Waals surface area (Å²) in [7, 11) is 0. The van der Waals surface area contributed by atoms with Crippen LogP contribution >= 0.6 is 11.8 Å². The van der Waals surface area contributed by atoms with Crippen LogP contribution in [0.2, 0.25) is 0 Å². The molecule has 0 bridgehead atoms. The topological polar surface area (TPSA) is 75.4 Å². The maximum atomic E-state index is 12.1. The third-order valence-corrected chi connectivity index (χ3v) is 5.59. The fourth-order valence-corrected chi connectivity index (χ4v) is 3.97. The second-order valence-corrected chi connectivity index (χ2v) is 7.14. The number of para-hydroxylation sites is 1. The van der Waals surface area contributed by atoms with E-state index < -0.39 is 5.60 Å². The van der Waals surface area contributed by atoms with Crippen molar-refractivity contribution >= 4 is 28.6 Å². The van der Waals surface area contributed by atoms with Gasteiger partial charge in [0.25, 0.3) is 0 Å². The van der Waals surface area contributed by atoms with Gasteiger partial charge in [-0.3, -0.25) is 4.79 Å². The van der Waals surface area contributed by atoms with E-state index in [0.29, 0.717) is 17.8 Å². The Morgan fingerprint density at radius 2 is 2.36 bits per heavy atom. The molecule has 1 aromatic carbocycles. The Morgan fingerprint density at radius 3 is 3.09 bits per heavy atom. The maximum absolute atomic E-state index is 12.1. The van der Waals surface area contributed by atoms with Gasteiger partial charge >= 0.3 is 0 Å². The van der Waals surface area contributed by atoms with Gasteiger partial charge in [0.2, 0.25) is 5.91 Å². The van der Waals surface area contributed by atoms with Gasteiger partial charge in [-0.2, -0.15) is 11.8 Å². The van der Waals surface area contributed by atoms with Crippen molar-refractivity contribution in [2.45, 2.75) is 37.0 Å². The number of aromatic nitrogens is 1. The van der Waals surface area contributed by atoms with Crippen molar-refractivity contribution in [1.82, 2.24) is 10.5 Å². The van der Waals surface area contributed by atoms with Crippen LogP contribution < -0.4 is 5.32 Å². The molecule has 0 saturated heterocycles. The van der Waals surface area contributed by atoms with Crippen molar-refractivity contribution in [2.75, 3.05) is 12.3 Å². The number of fused-ring (bicyclic) bond motifs is 1. The molecule has 1 saturated carbocycles. The molecule has 1 amide bonds. The summed E-state index contributed by atoms with van der Waals surface area (Å²) in [5.41, 5.74) is 0.554. The molecule has 22 heavy (non-hydrogen) atoms. The number of benzene rings is 1. The van der Waals surface area contributed by atoms with Crippen molar-refractivity contribution in [3.05, 3.63) is 30.0 Å². The zero-order valence-corrected chi connectivity index (χ0v) is 13.4. The fraction of sp³-hybridized carbons (Fsp3) is 0.500. The molecule has 0 unspecified atom stereocenters. The van der Waals surface area contributed by atoms with Crippen LogP contribution in [-0.4, -0.2) is 39.3 Å². The standard InChI is InChI=1S/C16H20N2O3S/c1-2-22-14-7-8-16(14,20)10-17-15(19)9-12-11-5-3-4-6-13(11)21-18-12/h3-6,14,20H,2,7-10H2,1H3,(H,17,19)/t14-,16-/m0/s1. The van der Waals surface area contributed by atoms with Crippen LogP contribution in [0.4, 0.5) is 0 Å². The zero-order valence-electron chi connectivity index (χ0n) is 12.5. The highest BCUT2D eigenvalue weighted by atomic mass is 32.2. The first kappa shape index (κ1) is 15.4. The van der Waals surface area contributed by atoms with Gasteiger partial charge in [0, 0.05) is 17.2 Å². The van der Waals surface area contributed by atoms with E-state index in [1.54, 1.807) is 11.8 Å². The van der Waals surface area contributed by atoms with Crippen LogP contribution in [0.25, 0.3) is 11.0 Å². The number of carbonyl (C=O) groups is 1. The van der Waals surface area contributed by atoms with E-state index in [1.807, 2.05) is 24.3 Å². The molecule has 0 spiro atoms. The third kappa shape index (κ3) is 2.98. The van der Waals surface area contributed by atoms with E-state index in [0.717, 1.165) is 24.0 Å². The van der Waals surface area contributed by atoms with Gasteiger partial charge in [-0.1, -0.05) is 24.2 Å². The number of aliphatic hydroxyl groups is 1. The maximum Gasteiger partial charge on any atom is 0.226 e. The van der Waals surface area contributed by atoms with Crippen molar-refractivity contribution < 1.29 is 14.4 Å². The van der Waals surface area contributed by atoms with Crippen LogP contribution in [0.1, 0.15) is 25.5 Å². The van der Waals surface area contributed by atoms with Crippen molar-refractivity contribution in [3.63, 3.8) is 0 Å². The summed E-state index contributed by atoms with van der Waals surface area (Å²) >= 11 is 1.76. The summed E-state index contributed by atoms with van der Waals surface area (Å²) in [6.45, 7) is 2.39. The fourth-order valence-electron chi connectivity index (χ4n) is 2.77. The van der Waals surface area contributed by atoms with Crippen LogP contribution in [0.5, 0.6) is 0 Å². The average Bonchev–Trinajstić information content (AvgIpc) is 2.92. The molecule has 1 aliphatic rings. The minimum absolute atomic E-state index is 0.139. The second-order valence-electron chi connectivity index (χ2n) is 5.67. The van der Waals surface area contributed by atoms with E-state index in [1.165, 1.54) is 0 Å². The predicted octanol–water partition coefficient (Wildman–Crippen LogP) is 2.13. The van der Waals surface area contributed by atoms with Crippen LogP contribution in [0.3, 0.4) is 0 Å². The van der Waals surface area contributed by atoms with E-state index in [2.05, 4.69) is 17.4 Å². The third-order valence-electron chi connectivity index (χ3n) is 4.18. The van der Waals surface area contributed by atoms with E-state index in [-0.39, 0.29) is 17.6 Å². The highest BCUT2D eigenvalue weighted by Crippen LogP contribution is 2.40. The summed E-state index contributed by atoms with van der Waals surface area (Å²) in [5, 5.41) is 18.4. The normalized spacial score (nSPS) is 24.2. The Bertz CT molecular complexity index is 672. The quantitative estimate of drug-likeness (QED) is 0.853. The lowest BCUT2D eigenvalue weighted by Gasteiger charge is -2.45. The molecule has 2 N–H and O–H groups in total. The van der Waals surface area contributed by atoms with E-state index in [9.17, 15) is 9.90 Å². The van der Waals surface area contributed by atoms with Crippen LogP contribution in [0, 0.1) is 0 Å². The highest BCUT2D eigenvalue weighted by Gasteiger charge is 2.45. The lowest BCUT2D eigenvalue weighted by molar-refractivity contribution is -0.122. The molecule has 2 atom stereocenters. The predicted molar refractivity (Wildman–Crippen MR) is 86.8 cm³/mol. The molecule has 3 rings (SSSR count). The number of nitrogens with one attached hydrogen (secondary N) is 1. The average molecular weight is 320 g/mol. The number of thioether (sulfide) groups is 1. The Morgan fingerprint density at radius 1 is 1.55 bits per heavy atom. The van der Waals surface area contributed by atoms with Crippen LogP contribution in [0.15, 0.2) is 28.8 Å². The molecule has 0 radical (unpaired) electrons. The van der Waals surface area contributed by atoms with E-state index in [4.69, 9.17) is 4.52 Å². The largest absolute Gasteiger partial charge is 0.387 e. The number of nitrogens with zero attached hydrogens (tertiary/aromatic N) is 1. The van der Waals surface area contributed by atoms with Gasteiger partial charge in [-0.15, -0.1) is 0 Å². The molecule has 1 heterocycles. The lowest BCUT2D eigenvalue weighted by atomic mass is 9.79. The van der Waals surface area contributed by atoms with Crippen molar-refractivity contribution in [2.24, 2.45) is 0 Å². The van der Waals surface area contributed by atoms with Gasteiger partial charge in [0.1, 0.15) is 5.69 Å². The van der Waals surface area contributed by atoms with Crippen LogP contribution in [-0.2, 0) is 11.2 Å². The van der Waals surface area contributed by atoms with Crippen molar-refractivity contribution in [1.29, 1.82) is 0 Å². The lowest BCUT2D eigenvalue weighted by Crippen LogP contribution is -2.57. The molecule has 118 valence electrons. The summed E-state index contributed by atoms with van der Waals surface area (Å²) in [5.74, 6) is 0.839. The first-order valence-corrected chi connectivity index (χ1v) is 8.61. The Hall–Kier alpha value is -1.53. The van der Waals surface area contributed by atoms with Gasteiger partial charge in [-0.05, 0) is 30.7 Å². The molecule has 6 heteroatoms. The zero-order chi connectivity index (χ0) is 15.6. The smallest absolute Gasteiger partial charge is 0.226 e. The summed E-state index contributed by atoms with van der Waals surface area (Å²) in [6.07, 6.45) is 1.93. The number of rotatable bonds is 6. The molecule has 0 aliphatic heterocycles. The molecular formula is C16H20N2O3S. The Labute approximate surface area is 133 Å². The first-order chi connectivity index (χ1) is 10.6.